The quantitative estimate of drug-likeness (QED) is 0.647. The lowest BCUT2D eigenvalue weighted by atomic mass is 10.2. The van der Waals surface area contributed by atoms with E-state index in [-0.39, 0.29) is 0 Å². The molecule has 1 heterocycles. The molecule has 0 aliphatic heterocycles. The molecule has 0 bridgehead atoms. The van der Waals surface area contributed by atoms with Gasteiger partial charge in [0, 0.05) is 6.54 Å². The highest BCUT2D eigenvalue weighted by Gasteiger charge is 1.98. The molecule has 4 nitrogen and oxygen atoms in total. The Morgan fingerprint density at radius 2 is 2.09 bits per heavy atom. The molecule has 0 spiro atoms. The van der Waals surface area contributed by atoms with Crippen LogP contribution in [0.2, 0.25) is 0 Å². The van der Waals surface area contributed by atoms with Crippen LogP contribution in [-0.4, -0.2) is 10.3 Å². The van der Waals surface area contributed by atoms with Crippen molar-refractivity contribution in [2.24, 2.45) is 5.73 Å². The summed E-state index contributed by atoms with van der Waals surface area (Å²) in [6.45, 7) is 0.517. The van der Waals surface area contributed by atoms with Crippen molar-refractivity contribution in [2.45, 2.75) is 6.54 Å². The molecule has 2 N–H and O–H groups in total. The van der Waals surface area contributed by atoms with Gasteiger partial charge in [-0.2, -0.15) is 0 Å². The second-order valence-corrected chi connectivity index (χ2v) is 2.29. The van der Waals surface area contributed by atoms with Crippen molar-refractivity contribution in [3.63, 3.8) is 0 Å². The highest BCUT2D eigenvalue weighted by Crippen LogP contribution is 2.10. The fraction of sp³-hybridized carbons (Fsp3) is 0.143. The number of fused-ring (bicyclic) bond motifs is 1. The third-order valence-corrected chi connectivity index (χ3v) is 1.55. The van der Waals surface area contributed by atoms with E-state index in [1.54, 1.807) is 0 Å². The molecule has 11 heavy (non-hydrogen) atoms. The Balaban J connectivity index is 2.67. The Morgan fingerprint density at radius 1 is 1.27 bits per heavy atom. The molecule has 0 aliphatic carbocycles. The van der Waals surface area contributed by atoms with Gasteiger partial charge < -0.3 is 5.73 Å². The number of nitrogens with zero attached hydrogens (tertiary/aromatic N) is 2. The average Bonchev–Trinajstić information content (AvgIpc) is 2.50. The summed E-state index contributed by atoms with van der Waals surface area (Å²) in [6.07, 6.45) is 0. The summed E-state index contributed by atoms with van der Waals surface area (Å²) in [5, 5.41) is 7.35. The van der Waals surface area contributed by atoms with Gasteiger partial charge in [-0.3, -0.25) is 0 Å². The average molecular weight is 149 g/mol. The van der Waals surface area contributed by atoms with E-state index < -0.39 is 0 Å². The summed E-state index contributed by atoms with van der Waals surface area (Å²) >= 11 is 0. The lowest BCUT2D eigenvalue weighted by molar-refractivity contribution is 0.315. The first-order valence-corrected chi connectivity index (χ1v) is 3.31. The van der Waals surface area contributed by atoms with Crippen LogP contribution in [0.15, 0.2) is 22.8 Å². The summed E-state index contributed by atoms with van der Waals surface area (Å²) in [7, 11) is 0. The molecule has 4 heteroatoms. The Hall–Kier alpha value is -1.42. The van der Waals surface area contributed by atoms with E-state index in [1.165, 1.54) is 0 Å². The van der Waals surface area contributed by atoms with Crippen molar-refractivity contribution in [2.75, 3.05) is 0 Å². The fourth-order valence-electron chi connectivity index (χ4n) is 0.955. The molecule has 0 saturated heterocycles. The van der Waals surface area contributed by atoms with Crippen molar-refractivity contribution in [3.05, 3.63) is 23.8 Å². The molecular formula is C7H7N3O. The van der Waals surface area contributed by atoms with Gasteiger partial charge in [-0.25, -0.2) is 4.63 Å². The zero-order chi connectivity index (χ0) is 7.68. The van der Waals surface area contributed by atoms with Gasteiger partial charge in [0.05, 0.1) is 0 Å². The predicted octanol–water partition coefficient (Wildman–Crippen LogP) is 0.681. The predicted molar refractivity (Wildman–Crippen MR) is 39.7 cm³/mol. The SMILES string of the molecule is NCc1ccc2nonc2c1. The first kappa shape index (κ1) is 6.30. The van der Waals surface area contributed by atoms with Crippen LogP contribution in [0.1, 0.15) is 5.56 Å². The molecule has 0 fully saturated rings. The smallest absolute Gasteiger partial charge is 0.135 e. The van der Waals surface area contributed by atoms with Crippen LogP contribution >= 0.6 is 0 Å². The van der Waals surface area contributed by atoms with Gasteiger partial charge in [-0.05, 0) is 28.0 Å². The van der Waals surface area contributed by atoms with E-state index in [9.17, 15) is 0 Å². The summed E-state index contributed by atoms with van der Waals surface area (Å²) in [5.41, 5.74) is 7.99. The van der Waals surface area contributed by atoms with Crippen molar-refractivity contribution in [3.8, 4) is 0 Å². The largest absolute Gasteiger partial charge is 0.326 e. The molecule has 1 aromatic heterocycles. The number of aromatic nitrogens is 2. The van der Waals surface area contributed by atoms with Crippen molar-refractivity contribution in [1.29, 1.82) is 0 Å². The van der Waals surface area contributed by atoms with Gasteiger partial charge in [0.2, 0.25) is 0 Å². The molecule has 0 unspecified atom stereocenters. The Morgan fingerprint density at radius 3 is 2.91 bits per heavy atom. The maximum atomic E-state index is 5.43. The van der Waals surface area contributed by atoms with Crippen LogP contribution in [0.3, 0.4) is 0 Å². The number of rotatable bonds is 1. The van der Waals surface area contributed by atoms with Crippen molar-refractivity contribution in [1.82, 2.24) is 10.3 Å². The highest BCUT2D eigenvalue weighted by molar-refractivity contribution is 5.73. The molecule has 0 saturated carbocycles. The van der Waals surface area contributed by atoms with Gasteiger partial charge in [0.15, 0.2) is 0 Å². The Bertz CT molecular complexity index is 368. The minimum absolute atomic E-state index is 0.517. The first-order chi connectivity index (χ1) is 5.40. The second-order valence-electron chi connectivity index (χ2n) is 2.29. The van der Waals surface area contributed by atoms with Gasteiger partial charge in [-0.15, -0.1) is 0 Å². The van der Waals surface area contributed by atoms with Crippen LogP contribution in [-0.2, 0) is 6.54 Å². The number of hydrogen-bond acceptors (Lipinski definition) is 4. The van der Waals surface area contributed by atoms with E-state index in [2.05, 4.69) is 14.9 Å². The van der Waals surface area contributed by atoms with E-state index in [0.29, 0.717) is 6.54 Å². The third-order valence-electron chi connectivity index (χ3n) is 1.55. The zero-order valence-corrected chi connectivity index (χ0v) is 5.82. The van der Waals surface area contributed by atoms with Crippen LogP contribution < -0.4 is 5.73 Å². The molecule has 0 amide bonds. The fourth-order valence-corrected chi connectivity index (χ4v) is 0.955. The minimum atomic E-state index is 0.517. The van der Waals surface area contributed by atoms with Crippen molar-refractivity contribution < 1.29 is 4.63 Å². The van der Waals surface area contributed by atoms with Crippen LogP contribution in [0, 0.1) is 0 Å². The molecule has 2 aromatic rings. The summed E-state index contributed by atoms with van der Waals surface area (Å²) in [6, 6.07) is 5.62. The van der Waals surface area contributed by atoms with E-state index >= 15 is 0 Å². The normalized spacial score (nSPS) is 10.6. The number of nitrogens with two attached hydrogens (primary N) is 1. The summed E-state index contributed by atoms with van der Waals surface area (Å²) < 4.78 is 4.52. The molecule has 0 radical (unpaired) electrons. The zero-order valence-electron chi connectivity index (χ0n) is 5.82. The molecule has 56 valence electrons. The molecule has 0 atom stereocenters. The number of benzene rings is 1. The first-order valence-electron chi connectivity index (χ1n) is 3.31. The molecular weight excluding hydrogens is 142 g/mol. The summed E-state index contributed by atoms with van der Waals surface area (Å²) in [4.78, 5) is 0. The van der Waals surface area contributed by atoms with Crippen LogP contribution in [0.25, 0.3) is 11.0 Å². The molecule has 2 rings (SSSR count). The number of hydrogen-bond donors (Lipinski definition) is 1. The minimum Gasteiger partial charge on any atom is -0.326 e. The molecule has 0 aliphatic rings. The monoisotopic (exact) mass is 149 g/mol. The highest BCUT2D eigenvalue weighted by atomic mass is 16.6. The van der Waals surface area contributed by atoms with Crippen LogP contribution in [0.4, 0.5) is 0 Å². The standard InChI is InChI=1S/C7H7N3O/c8-4-5-1-2-6-7(3-5)10-11-9-6/h1-3H,4,8H2. The van der Waals surface area contributed by atoms with E-state index in [1.807, 2.05) is 18.2 Å². The lowest BCUT2D eigenvalue weighted by Gasteiger charge is -1.91. The van der Waals surface area contributed by atoms with Crippen molar-refractivity contribution >= 4 is 11.0 Å². The maximum absolute atomic E-state index is 5.43. The topological polar surface area (TPSA) is 64.9 Å². The van der Waals surface area contributed by atoms with Gasteiger partial charge in [-0.1, -0.05) is 6.07 Å². The Kier molecular flexibility index (Phi) is 1.33. The third kappa shape index (κ3) is 0.969. The second kappa shape index (κ2) is 2.32. The van der Waals surface area contributed by atoms with Crippen LogP contribution in [0.5, 0.6) is 0 Å². The summed E-state index contributed by atoms with van der Waals surface area (Å²) in [5.74, 6) is 0. The lowest BCUT2D eigenvalue weighted by Crippen LogP contribution is -1.94. The van der Waals surface area contributed by atoms with E-state index in [4.69, 9.17) is 5.73 Å². The van der Waals surface area contributed by atoms with Gasteiger partial charge in [0.1, 0.15) is 11.0 Å². The molecule has 1 aromatic carbocycles. The van der Waals surface area contributed by atoms with Gasteiger partial charge >= 0.3 is 0 Å². The maximum Gasteiger partial charge on any atom is 0.135 e. The Labute approximate surface area is 63.0 Å². The van der Waals surface area contributed by atoms with Gasteiger partial charge in [0.25, 0.3) is 0 Å². The van der Waals surface area contributed by atoms with E-state index in [0.717, 1.165) is 16.6 Å².